The molecule has 0 radical (unpaired) electrons. The molecule has 2 amide bonds. The molecule has 0 fully saturated rings. The number of rotatable bonds is 9. The number of hydrogen-bond acceptors (Lipinski definition) is 6. The van der Waals surface area contributed by atoms with Crippen LogP contribution in [0.15, 0.2) is 78.9 Å². The summed E-state index contributed by atoms with van der Waals surface area (Å²) in [6, 6.07) is 23.7. The van der Waals surface area contributed by atoms with Crippen molar-refractivity contribution in [1.82, 2.24) is 15.8 Å². The number of carbonyl (C=O) groups excluding carboxylic acids is 2. The van der Waals surface area contributed by atoms with Gasteiger partial charge in [-0.2, -0.15) is 0 Å². The van der Waals surface area contributed by atoms with E-state index in [2.05, 4.69) is 10.3 Å². The molecule has 0 aliphatic heterocycles. The van der Waals surface area contributed by atoms with E-state index in [9.17, 15) is 9.59 Å². The average Bonchev–Trinajstić information content (AvgIpc) is 2.91. The first-order valence-electron chi connectivity index (χ1n) is 11.9. The van der Waals surface area contributed by atoms with Crippen LogP contribution in [-0.4, -0.2) is 36.1 Å². The largest absolute Gasteiger partial charge is 0.488 e. The van der Waals surface area contributed by atoms with Gasteiger partial charge in [-0.05, 0) is 48.9 Å². The van der Waals surface area contributed by atoms with Gasteiger partial charge < -0.3 is 15.0 Å². The Morgan fingerprint density at radius 1 is 1.00 bits per heavy atom. The topological polar surface area (TPSA) is 104 Å². The molecule has 0 aliphatic carbocycles. The Hall–Kier alpha value is -4.43. The first-order valence-corrected chi connectivity index (χ1v) is 11.9. The molecule has 0 aliphatic rings. The van der Waals surface area contributed by atoms with Gasteiger partial charge in [0, 0.05) is 36.4 Å². The Morgan fingerprint density at radius 2 is 1.70 bits per heavy atom. The fourth-order valence-corrected chi connectivity index (χ4v) is 4.17. The molecule has 37 heavy (non-hydrogen) atoms. The zero-order valence-electron chi connectivity index (χ0n) is 21.1. The Morgan fingerprint density at radius 3 is 2.43 bits per heavy atom. The van der Waals surface area contributed by atoms with Gasteiger partial charge in [-0.25, -0.2) is 5.48 Å². The number of aromatic nitrogens is 1. The quantitative estimate of drug-likeness (QED) is 0.231. The maximum absolute atomic E-state index is 13.4. The number of anilines is 1. The Kier molecular flexibility index (Phi) is 8.00. The van der Waals surface area contributed by atoms with E-state index in [4.69, 9.17) is 9.94 Å². The van der Waals surface area contributed by atoms with Crippen LogP contribution in [0.5, 0.6) is 5.75 Å². The van der Waals surface area contributed by atoms with Crippen molar-refractivity contribution in [2.45, 2.75) is 26.0 Å². The third-order valence-electron chi connectivity index (χ3n) is 6.08. The zero-order valence-corrected chi connectivity index (χ0v) is 21.1. The molecule has 190 valence electrons. The molecule has 0 saturated carbocycles. The highest BCUT2D eigenvalue weighted by Gasteiger charge is 2.21. The monoisotopic (exact) mass is 498 g/mol. The number of nitrogens with zero attached hydrogens (tertiary/aromatic N) is 2. The second-order valence-corrected chi connectivity index (χ2v) is 8.98. The van der Waals surface area contributed by atoms with Crippen LogP contribution >= 0.6 is 0 Å². The van der Waals surface area contributed by atoms with Gasteiger partial charge in [-0.1, -0.05) is 42.5 Å². The van der Waals surface area contributed by atoms with Gasteiger partial charge in [0.25, 0.3) is 5.91 Å². The summed E-state index contributed by atoms with van der Waals surface area (Å²) in [5.41, 5.74) is 6.45. The number of hydrogen-bond donors (Lipinski definition) is 3. The molecule has 0 spiro atoms. The summed E-state index contributed by atoms with van der Waals surface area (Å²) in [6.45, 7) is 2.20. The molecular formula is C29H30N4O4. The number of amides is 2. The van der Waals surface area contributed by atoms with Crippen molar-refractivity contribution in [2.24, 2.45) is 0 Å². The van der Waals surface area contributed by atoms with E-state index in [1.165, 1.54) is 0 Å². The third-order valence-corrected chi connectivity index (χ3v) is 6.08. The standard InChI is InChI=1S/C29H30N4O4/c1-19-16-21(23-8-4-6-10-25(23)30-19)18-37-27-11-7-5-9-24(27)29(35)31-26(17-28(34)32-36)20-12-14-22(15-13-20)33(2)3/h4-16,26,36H,17-18H2,1-3H3,(H,31,35)(H,32,34). The Balaban J connectivity index is 1.56. The molecule has 0 bridgehead atoms. The number of benzene rings is 3. The molecule has 1 atom stereocenters. The summed E-state index contributed by atoms with van der Waals surface area (Å²) >= 11 is 0. The maximum Gasteiger partial charge on any atom is 0.255 e. The fraction of sp³-hybridized carbons (Fsp3) is 0.207. The number of pyridine rings is 1. The molecule has 8 nitrogen and oxygen atoms in total. The van der Waals surface area contributed by atoms with Crippen molar-refractivity contribution in [3.8, 4) is 5.75 Å². The summed E-state index contributed by atoms with van der Waals surface area (Å²) in [7, 11) is 3.86. The van der Waals surface area contributed by atoms with E-state index in [1.54, 1.807) is 29.7 Å². The van der Waals surface area contributed by atoms with Gasteiger partial charge in [0.05, 0.1) is 23.5 Å². The van der Waals surface area contributed by atoms with Crippen LogP contribution in [0.2, 0.25) is 0 Å². The molecular weight excluding hydrogens is 468 g/mol. The first-order chi connectivity index (χ1) is 17.9. The van der Waals surface area contributed by atoms with E-state index < -0.39 is 17.9 Å². The fourth-order valence-electron chi connectivity index (χ4n) is 4.17. The van der Waals surface area contributed by atoms with Gasteiger partial charge in [0.1, 0.15) is 12.4 Å². The molecule has 3 N–H and O–H groups in total. The van der Waals surface area contributed by atoms with Crippen LogP contribution < -0.4 is 20.4 Å². The molecule has 8 heteroatoms. The van der Waals surface area contributed by atoms with Crippen molar-refractivity contribution in [1.29, 1.82) is 0 Å². The number of nitrogens with one attached hydrogen (secondary N) is 2. The Bertz CT molecular complexity index is 1400. The van der Waals surface area contributed by atoms with E-state index in [-0.39, 0.29) is 13.0 Å². The third kappa shape index (κ3) is 6.23. The summed E-state index contributed by atoms with van der Waals surface area (Å²) in [5.74, 6) is -0.572. The van der Waals surface area contributed by atoms with Crippen molar-refractivity contribution >= 4 is 28.4 Å². The second kappa shape index (κ2) is 11.5. The number of hydroxylamine groups is 1. The minimum Gasteiger partial charge on any atom is -0.488 e. The highest BCUT2D eigenvalue weighted by molar-refractivity contribution is 5.97. The summed E-state index contributed by atoms with van der Waals surface area (Å²) < 4.78 is 6.13. The smallest absolute Gasteiger partial charge is 0.255 e. The maximum atomic E-state index is 13.4. The van der Waals surface area contributed by atoms with Crippen molar-refractivity contribution in [2.75, 3.05) is 19.0 Å². The number of carbonyl (C=O) groups is 2. The number of ether oxygens (including phenoxy) is 1. The van der Waals surface area contributed by atoms with E-state index in [1.807, 2.05) is 80.5 Å². The molecule has 1 heterocycles. The summed E-state index contributed by atoms with van der Waals surface area (Å²) in [4.78, 5) is 31.9. The number of aryl methyl sites for hydroxylation is 1. The first kappa shape index (κ1) is 25.7. The number of fused-ring (bicyclic) bond motifs is 1. The van der Waals surface area contributed by atoms with Gasteiger partial charge >= 0.3 is 0 Å². The highest BCUT2D eigenvalue weighted by atomic mass is 16.5. The van der Waals surface area contributed by atoms with E-state index in [0.717, 1.165) is 33.4 Å². The van der Waals surface area contributed by atoms with Crippen LogP contribution in [0.1, 0.15) is 39.6 Å². The molecule has 4 rings (SSSR count). The highest BCUT2D eigenvalue weighted by Crippen LogP contribution is 2.25. The average molecular weight is 499 g/mol. The lowest BCUT2D eigenvalue weighted by molar-refractivity contribution is -0.129. The summed E-state index contributed by atoms with van der Waals surface area (Å²) in [6.07, 6.45) is -0.130. The molecule has 1 unspecified atom stereocenters. The van der Waals surface area contributed by atoms with Gasteiger partial charge in [0.15, 0.2) is 0 Å². The molecule has 4 aromatic rings. The van der Waals surface area contributed by atoms with Crippen LogP contribution in [0.3, 0.4) is 0 Å². The lowest BCUT2D eigenvalue weighted by Crippen LogP contribution is -2.33. The van der Waals surface area contributed by atoms with Crippen molar-refractivity contribution in [3.63, 3.8) is 0 Å². The Labute approximate surface area is 215 Å². The van der Waals surface area contributed by atoms with Gasteiger partial charge in [-0.3, -0.25) is 19.8 Å². The van der Waals surface area contributed by atoms with E-state index in [0.29, 0.717) is 11.3 Å². The molecule has 0 saturated heterocycles. The predicted molar refractivity (Wildman–Crippen MR) is 143 cm³/mol. The van der Waals surface area contributed by atoms with Crippen LogP contribution in [-0.2, 0) is 11.4 Å². The van der Waals surface area contributed by atoms with Crippen LogP contribution in [0.25, 0.3) is 10.9 Å². The minimum atomic E-state index is -0.657. The predicted octanol–water partition coefficient (Wildman–Crippen LogP) is 4.55. The summed E-state index contributed by atoms with van der Waals surface area (Å²) in [5, 5.41) is 13.0. The SMILES string of the molecule is Cc1cc(COc2ccccc2C(=O)NC(CC(=O)NO)c2ccc(N(C)C)cc2)c2ccccc2n1. The normalized spacial score (nSPS) is 11.6. The van der Waals surface area contributed by atoms with Crippen LogP contribution in [0, 0.1) is 6.92 Å². The van der Waals surface area contributed by atoms with E-state index >= 15 is 0 Å². The molecule has 3 aromatic carbocycles. The second-order valence-electron chi connectivity index (χ2n) is 8.98. The van der Waals surface area contributed by atoms with Gasteiger partial charge in [-0.15, -0.1) is 0 Å². The minimum absolute atomic E-state index is 0.130. The molecule has 1 aromatic heterocycles. The van der Waals surface area contributed by atoms with Crippen LogP contribution in [0.4, 0.5) is 5.69 Å². The van der Waals surface area contributed by atoms with Crippen molar-refractivity contribution in [3.05, 3.63) is 101 Å². The lowest BCUT2D eigenvalue weighted by Gasteiger charge is -2.21. The van der Waals surface area contributed by atoms with Gasteiger partial charge in [0.2, 0.25) is 5.91 Å². The zero-order chi connectivity index (χ0) is 26.4. The lowest BCUT2D eigenvalue weighted by atomic mass is 10.0. The number of para-hydroxylation sites is 2. The van der Waals surface area contributed by atoms with Crippen molar-refractivity contribution < 1.29 is 19.5 Å².